The van der Waals surface area contributed by atoms with E-state index in [1.807, 2.05) is 42.2 Å². The van der Waals surface area contributed by atoms with E-state index in [-0.39, 0.29) is 5.91 Å². The second-order valence-corrected chi connectivity index (χ2v) is 6.33. The fourth-order valence-electron chi connectivity index (χ4n) is 2.60. The maximum absolute atomic E-state index is 12.5. The van der Waals surface area contributed by atoms with Crippen molar-refractivity contribution in [2.45, 2.75) is 25.7 Å². The minimum absolute atomic E-state index is 0.122. The van der Waals surface area contributed by atoms with E-state index in [1.54, 1.807) is 11.3 Å². The first kappa shape index (κ1) is 13.2. The van der Waals surface area contributed by atoms with Gasteiger partial charge in [-0.3, -0.25) is 4.79 Å². The fourth-order valence-corrected chi connectivity index (χ4v) is 3.43. The molecule has 1 aliphatic rings. The smallest absolute Gasteiger partial charge is 0.253 e. The number of benzene rings is 1. The SMILES string of the molecule is Cc1nnc([C@@H]2CCCN(C(=O)c3ccccc3)C2)s1. The van der Waals surface area contributed by atoms with Crippen LogP contribution >= 0.6 is 11.3 Å². The standard InChI is InChI=1S/C15H17N3OS/c1-11-16-17-14(20-11)13-8-5-9-18(10-13)15(19)12-6-3-2-4-7-12/h2-4,6-7,13H,5,8-10H2,1H3/t13-/m1/s1. The summed E-state index contributed by atoms with van der Waals surface area (Å²) in [6.07, 6.45) is 2.12. The van der Waals surface area contributed by atoms with Gasteiger partial charge in [-0.2, -0.15) is 0 Å². The molecule has 4 nitrogen and oxygen atoms in total. The van der Waals surface area contributed by atoms with Crippen LogP contribution in [-0.2, 0) is 0 Å². The first-order valence-electron chi connectivity index (χ1n) is 6.88. The number of hydrogen-bond acceptors (Lipinski definition) is 4. The van der Waals surface area contributed by atoms with Crippen LogP contribution in [0.2, 0.25) is 0 Å². The van der Waals surface area contributed by atoms with Crippen LogP contribution in [-0.4, -0.2) is 34.1 Å². The van der Waals surface area contributed by atoms with Crippen molar-refractivity contribution >= 4 is 17.2 Å². The first-order chi connectivity index (χ1) is 9.74. The molecular formula is C15H17N3OS. The third-order valence-corrected chi connectivity index (χ3v) is 4.62. The minimum Gasteiger partial charge on any atom is -0.338 e. The molecule has 1 aromatic heterocycles. The van der Waals surface area contributed by atoms with E-state index in [2.05, 4.69) is 10.2 Å². The molecular weight excluding hydrogens is 270 g/mol. The quantitative estimate of drug-likeness (QED) is 0.853. The Kier molecular flexibility index (Phi) is 3.78. The largest absolute Gasteiger partial charge is 0.338 e. The highest BCUT2D eigenvalue weighted by molar-refractivity contribution is 7.11. The van der Waals surface area contributed by atoms with Crippen molar-refractivity contribution in [3.63, 3.8) is 0 Å². The van der Waals surface area contributed by atoms with Crippen molar-refractivity contribution in [3.05, 3.63) is 45.9 Å². The molecule has 2 heterocycles. The molecule has 104 valence electrons. The Labute approximate surface area is 122 Å². The molecule has 1 aliphatic heterocycles. The molecule has 20 heavy (non-hydrogen) atoms. The lowest BCUT2D eigenvalue weighted by Crippen LogP contribution is -2.39. The number of carbonyl (C=O) groups is 1. The summed E-state index contributed by atoms with van der Waals surface area (Å²) in [4.78, 5) is 14.4. The predicted octanol–water partition coefficient (Wildman–Crippen LogP) is 2.87. The molecule has 0 radical (unpaired) electrons. The van der Waals surface area contributed by atoms with Gasteiger partial charge in [0, 0.05) is 24.6 Å². The Morgan fingerprint density at radius 3 is 2.80 bits per heavy atom. The number of piperidine rings is 1. The van der Waals surface area contributed by atoms with Gasteiger partial charge in [-0.1, -0.05) is 18.2 Å². The van der Waals surface area contributed by atoms with Gasteiger partial charge in [-0.15, -0.1) is 21.5 Å². The van der Waals surface area contributed by atoms with Crippen LogP contribution in [0.25, 0.3) is 0 Å². The van der Waals surface area contributed by atoms with Crippen LogP contribution in [0.4, 0.5) is 0 Å². The summed E-state index contributed by atoms with van der Waals surface area (Å²) < 4.78 is 0. The van der Waals surface area contributed by atoms with Crippen molar-refractivity contribution in [2.24, 2.45) is 0 Å². The Bertz CT molecular complexity index is 596. The first-order valence-corrected chi connectivity index (χ1v) is 7.70. The molecule has 0 bridgehead atoms. The monoisotopic (exact) mass is 287 g/mol. The number of aromatic nitrogens is 2. The van der Waals surface area contributed by atoms with Crippen molar-refractivity contribution in [1.29, 1.82) is 0 Å². The van der Waals surface area contributed by atoms with Crippen molar-refractivity contribution in [2.75, 3.05) is 13.1 Å². The Morgan fingerprint density at radius 1 is 1.30 bits per heavy atom. The zero-order valence-corrected chi connectivity index (χ0v) is 12.3. The van der Waals surface area contributed by atoms with Crippen LogP contribution < -0.4 is 0 Å². The summed E-state index contributed by atoms with van der Waals surface area (Å²) in [5.41, 5.74) is 0.765. The second-order valence-electron chi connectivity index (χ2n) is 5.12. The molecule has 1 atom stereocenters. The van der Waals surface area contributed by atoms with E-state index in [1.165, 1.54) is 0 Å². The zero-order valence-electron chi connectivity index (χ0n) is 11.5. The lowest BCUT2D eigenvalue weighted by molar-refractivity contribution is 0.0707. The van der Waals surface area contributed by atoms with Crippen molar-refractivity contribution < 1.29 is 4.79 Å². The number of amides is 1. The van der Waals surface area contributed by atoms with Crippen LogP contribution in [0.1, 0.15) is 39.1 Å². The van der Waals surface area contributed by atoms with Gasteiger partial charge in [0.2, 0.25) is 0 Å². The van der Waals surface area contributed by atoms with Gasteiger partial charge < -0.3 is 4.90 Å². The Hall–Kier alpha value is -1.75. The van der Waals surface area contributed by atoms with Crippen LogP contribution in [0.3, 0.4) is 0 Å². The highest BCUT2D eigenvalue weighted by atomic mass is 32.1. The third-order valence-electron chi connectivity index (χ3n) is 3.62. The average molecular weight is 287 g/mol. The normalized spacial score (nSPS) is 19.1. The summed E-state index contributed by atoms with van der Waals surface area (Å²) in [7, 11) is 0. The fraction of sp³-hybridized carbons (Fsp3) is 0.400. The summed E-state index contributed by atoms with van der Waals surface area (Å²) in [6, 6.07) is 9.49. The Balaban J connectivity index is 1.74. The number of aryl methyl sites for hydroxylation is 1. The summed E-state index contributed by atoms with van der Waals surface area (Å²) in [6.45, 7) is 3.56. The molecule has 0 unspecified atom stereocenters. The molecule has 0 spiro atoms. The topological polar surface area (TPSA) is 46.1 Å². The molecule has 0 N–H and O–H groups in total. The van der Waals surface area contributed by atoms with Gasteiger partial charge in [0.15, 0.2) is 0 Å². The second kappa shape index (κ2) is 5.71. The molecule has 1 amide bonds. The predicted molar refractivity (Wildman–Crippen MR) is 79.0 cm³/mol. The summed E-state index contributed by atoms with van der Waals surface area (Å²) in [5, 5.41) is 10.4. The van der Waals surface area contributed by atoms with E-state index in [4.69, 9.17) is 0 Å². The zero-order chi connectivity index (χ0) is 13.9. The van der Waals surface area contributed by atoms with Crippen LogP contribution in [0.5, 0.6) is 0 Å². The lowest BCUT2D eigenvalue weighted by Gasteiger charge is -2.31. The molecule has 1 saturated heterocycles. The highest BCUT2D eigenvalue weighted by Gasteiger charge is 2.27. The molecule has 5 heteroatoms. The van der Waals surface area contributed by atoms with Crippen LogP contribution in [0.15, 0.2) is 30.3 Å². The maximum atomic E-state index is 12.5. The minimum atomic E-state index is 0.122. The number of likely N-dealkylation sites (tertiary alicyclic amines) is 1. The van der Waals surface area contributed by atoms with E-state index < -0.39 is 0 Å². The van der Waals surface area contributed by atoms with Gasteiger partial charge in [0.1, 0.15) is 10.0 Å². The number of carbonyl (C=O) groups excluding carboxylic acids is 1. The van der Waals surface area contributed by atoms with Gasteiger partial charge >= 0.3 is 0 Å². The van der Waals surface area contributed by atoms with Gasteiger partial charge in [-0.25, -0.2) is 0 Å². The molecule has 1 fully saturated rings. The summed E-state index contributed by atoms with van der Waals surface area (Å²) >= 11 is 1.64. The van der Waals surface area contributed by atoms with Crippen molar-refractivity contribution in [3.8, 4) is 0 Å². The van der Waals surface area contributed by atoms with Gasteiger partial charge in [0.05, 0.1) is 0 Å². The summed E-state index contributed by atoms with van der Waals surface area (Å²) in [5.74, 6) is 0.458. The van der Waals surface area contributed by atoms with Crippen molar-refractivity contribution in [1.82, 2.24) is 15.1 Å². The molecule has 3 rings (SSSR count). The van der Waals surface area contributed by atoms with Gasteiger partial charge in [-0.05, 0) is 31.9 Å². The number of hydrogen-bond donors (Lipinski definition) is 0. The number of rotatable bonds is 2. The van der Waals surface area contributed by atoms with Gasteiger partial charge in [0.25, 0.3) is 5.91 Å². The maximum Gasteiger partial charge on any atom is 0.253 e. The molecule has 0 aliphatic carbocycles. The average Bonchev–Trinajstić information content (AvgIpc) is 2.94. The molecule has 1 aromatic carbocycles. The van der Waals surface area contributed by atoms with E-state index in [9.17, 15) is 4.79 Å². The number of nitrogens with zero attached hydrogens (tertiary/aromatic N) is 3. The molecule has 2 aromatic rings. The molecule has 0 saturated carbocycles. The Morgan fingerprint density at radius 2 is 2.10 bits per heavy atom. The van der Waals surface area contributed by atoms with Crippen LogP contribution in [0, 0.1) is 6.92 Å². The third kappa shape index (κ3) is 2.72. The highest BCUT2D eigenvalue weighted by Crippen LogP contribution is 2.29. The van der Waals surface area contributed by atoms with E-state index >= 15 is 0 Å². The van der Waals surface area contributed by atoms with E-state index in [0.29, 0.717) is 5.92 Å². The lowest BCUT2D eigenvalue weighted by atomic mass is 9.98. The van der Waals surface area contributed by atoms with E-state index in [0.717, 1.165) is 41.5 Å².